The van der Waals surface area contributed by atoms with Gasteiger partial charge in [0, 0.05) is 12.5 Å². The van der Waals surface area contributed by atoms with Crippen molar-refractivity contribution in [2.75, 3.05) is 26.4 Å². The van der Waals surface area contributed by atoms with Gasteiger partial charge in [-0.05, 0) is 64.2 Å². The normalized spacial score (nSPS) is 14.7. The van der Waals surface area contributed by atoms with E-state index in [9.17, 15) is 24.2 Å². The van der Waals surface area contributed by atoms with E-state index < -0.39 is 58.4 Å². The van der Waals surface area contributed by atoms with Gasteiger partial charge in [-0.2, -0.15) is 0 Å². The van der Waals surface area contributed by atoms with Crippen molar-refractivity contribution in [2.45, 2.75) is 167 Å². The van der Waals surface area contributed by atoms with Crippen molar-refractivity contribution in [1.82, 2.24) is 0 Å². The van der Waals surface area contributed by atoms with Crippen LogP contribution in [0.3, 0.4) is 0 Å². The summed E-state index contributed by atoms with van der Waals surface area (Å²) in [7, 11) is -4.65. The summed E-state index contributed by atoms with van der Waals surface area (Å²) in [5, 5.41) is 18.3. The lowest BCUT2D eigenvalue weighted by molar-refractivity contribution is -0.159. The first-order valence-corrected chi connectivity index (χ1v) is 23.1. The third-order valence-corrected chi connectivity index (χ3v) is 9.59. The largest absolute Gasteiger partial charge is 0.472 e. The molecule has 1 unspecified atom stereocenters. The first-order valence-electron chi connectivity index (χ1n) is 21.6. The van der Waals surface area contributed by atoms with Crippen molar-refractivity contribution in [3.8, 4) is 0 Å². The zero-order valence-corrected chi connectivity index (χ0v) is 36.2. The molecule has 0 aromatic rings. The Kier molecular flexibility index (Phi) is 39.2. The van der Waals surface area contributed by atoms with Crippen LogP contribution in [0.1, 0.15) is 155 Å². The fourth-order valence-electron chi connectivity index (χ4n) is 5.34. The van der Waals surface area contributed by atoms with Gasteiger partial charge in [-0.25, -0.2) is 9.36 Å². The van der Waals surface area contributed by atoms with E-state index in [1.54, 1.807) is 12.2 Å². The van der Waals surface area contributed by atoms with Crippen molar-refractivity contribution in [2.24, 2.45) is 0 Å². The highest BCUT2D eigenvalue weighted by Crippen LogP contribution is 2.43. The molecule has 0 saturated heterocycles. The van der Waals surface area contributed by atoms with Crippen LogP contribution in [0.4, 0.5) is 0 Å². The Balaban J connectivity index is 4.48. The van der Waals surface area contributed by atoms with E-state index in [0.29, 0.717) is 6.42 Å². The molecule has 0 fully saturated rings. The molecule has 3 atom stereocenters. The summed E-state index contributed by atoms with van der Waals surface area (Å²) in [6.07, 6.45) is 49.0. The molecule has 0 spiro atoms. The predicted molar refractivity (Wildman–Crippen MR) is 233 cm³/mol. The Morgan fingerprint density at radius 2 is 1.09 bits per heavy atom. The fraction of sp³-hybridized carbons (Fsp3) is 0.652. The smallest absolute Gasteiger partial charge is 0.458 e. The standard InChI is InChI=1S/C46H77O10P/c1-3-5-7-9-11-13-15-17-19-20-21-22-24-26-28-30-32-34-36-38-46(50)56-44(42-55-57(51,52)54-40-43(48)39-47)41-53-45(49)37-35-33-31-29-27-25-23-18-16-14-12-10-8-6-4-2/h5,7,11,13,17,19,21-22,26,28,31,33,35,37,43-44,47-48H,3-4,6,8-10,12,14-16,18,20,23-25,27,29-30,32,34,36,38-42H2,1-2H3,(H,51,52)/b7-5+,13-11+,19-17+,22-21+,28-26+,33-31+,37-35+/t43-,44+/m0/s1. The van der Waals surface area contributed by atoms with Gasteiger partial charge in [0.25, 0.3) is 0 Å². The van der Waals surface area contributed by atoms with E-state index in [1.807, 2.05) is 6.08 Å². The second kappa shape index (κ2) is 41.3. The lowest BCUT2D eigenvalue weighted by atomic mass is 10.1. The first kappa shape index (κ1) is 54.2. The number of aliphatic hydroxyl groups is 2. The van der Waals surface area contributed by atoms with Crippen LogP contribution in [0.2, 0.25) is 0 Å². The van der Waals surface area contributed by atoms with Gasteiger partial charge in [0.05, 0.1) is 19.8 Å². The summed E-state index contributed by atoms with van der Waals surface area (Å²) in [6.45, 7) is 2.08. The SMILES string of the molecule is CC/C=C/C/C=C/C/C=C/C/C=C/C/C=C/CCCCCC(=O)O[C@H](COC(=O)/C=C/C=C/CCCCCCCCCCCCC)COP(=O)(O)OC[C@@H](O)CO. The predicted octanol–water partition coefficient (Wildman–Crippen LogP) is 11.4. The highest BCUT2D eigenvalue weighted by Gasteiger charge is 2.27. The van der Waals surface area contributed by atoms with Gasteiger partial charge < -0.3 is 24.6 Å². The van der Waals surface area contributed by atoms with Crippen molar-refractivity contribution in [3.63, 3.8) is 0 Å². The molecule has 0 aliphatic rings. The number of carbonyl (C=O) groups is 2. The minimum atomic E-state index is -4.65. The number of hydrogen-bond acceptors (Lipinski definition) is 9. The Morgan fingerprint density at radius 1 is 0.596 bits per heavy atom. The molecular formula is C46H77O10P. The molecule has 3 N–H and O–H groups in total. The summed E-state index contributed by atoms with van der Waals surface area (Å²) in [4.78, 5) is 34.8. The van der Waals surface area contributed by atoms with Gasteiger partial charge in [0.1, 0.15) is 12.7 Å². The first-order chi connectivity index (χ1) is 27.7. The zero-order chi connectivity index (χ0) is 41.9. The highest BCUT2D eigenvalue weighted by atomic mass is 31.2. The Hall–Kier alpha value is -2.85. The quantitative estimate of drug-likeness (QED) is 0.0137. The van der Waals surface area contributed by atoms with Crippen molar-refractivity contribution in [3.05, 3.63) is 85.1 Å². The lowest BCUT2D eigenvalue weighted by Crippen LogP contribution is -2.29. The maximum atomic E-state index is 12.6. The van der Waals surface area contributed by atoms with Gasteiger partial charge in [-0.1, -0.05) is 163 Å². The minimum absolute atomic E-state index is 0.121. The van der Waals surface area contributed by atoms with Gasteiger partial charge in [-0.15, -0.1) is 0 Å². The minimum Gasteiger partial charge on any atom is -0.458 e. The Bertz CT molecular complexity index is 1220. The summed E-state index contributed by atoms with van der Waals surface area (Å²) < 4.78 is 32.5. The van der Waals surface area contributed by atoms with E-state index in [1.165, 1.54) is 70.3 Å². The molecule has 326 valence electrons. The van der Waals surface area contributed by atoms with Crippen LogP contribution in [0.5, 0.6) is 0 Å². The number of rotatable bonds is 39. The van der Waals surface area contributed by atoms with E-state index >= 15 is 0 Å². The molecule has 57 heavy (non-hydrogen) atoms. The highest BCUT2D eigenvalue weighted by molar-refractivity contribution is 7.47. The number of unbranched alkanes of at least 4 members (excludes halogenated alkanes) is 14. The number of hydrogen-bond donors (Lipinski definition) is 3. The lowest BCUT2D eigenvalue weighted by Gasteiger charge is -2.20. The molecule has 0 bridgehead atoms. The van der Waals surface area contributed by atoms with E-state index in [4.69, 9.17) is 19.1 Å². The topological polar surface area (TPSA) is 149 Å². The third kappa shape index (κ3) is 41.1. The van der Waals surface area contributed by atoms with Crippen molar-refractivity contribution < 1.29 is 47.8 Å². The monoisotopic (exact) mass is 821 g/mol. The molecule has 0 radical (unpaired) electrons. The number of phosphoric ester groups is 1. The summed E-state index contributed by atoms with van der Waals surface area (Å²) in [5.74, 6) is -1.22. The second-order valence-electron chi connectivity index (χ2n) is 14.1. The summed E-state index contributed by atoms with van der Waals surface area (Å²) in [5.41, 5.74) is 0. The van der Waals surface area contributed by atoms with Gasteiger partial charge in [-0.3, -0.25) is 13.8 Å². The third-order valence-electron chi connectivity index (χ3n) is 8.64. The molecular weight excluding hydrogens is 743 g/mol. The van der Waals surface area contributed by atoms with Crippen LogP contribution in [0.25, 0.3) is 0 Å². The van der Waals surface area contributed by atoms with Gasteiger partial charge >= 0.3 is 19.8 Å². The molecule has 11 heteroatoms. The van der Waals surface area contributed by atoms with E-state index in [2.05, 4.69) is 79.1 Å². The average Bonchev–Trinajstić information content (AvgIpc) is 3.20. The number of aliphatic hydroxyl groups excluding tert-OH is 2. The molecule has 0 rings (SSSR count). The summed E-state index contributed by atoms with van der Waals surface area (Å²) >= 11 is 0. The maximum absolute atomic E-state index is 12.6. The molecule has 0 heterocycles. The Morgan fingerprint density at radius 3 is 1.65 bits per heavy atom. The van der Waals surface area contributed by atoms with E-state index in [0.717, 1.165) is 64.2 Å². The molecule has 0 aliphatic heterocycles. The number of allylic oxidation sites excluding steroid dienone is 13. The van der Waals surface area contributed by atoms with E-state index in [-0.39, 0.29) is 6.42 Å². The molecule has 0 amide bonds. The second-order valence-corrected chi connectivity index (χ2v) is 15.5. The van der Waals surface area contributed by atoms with Crippen LogP contribution in [-0.4, -0.2) is 65.7 Å². The Labute approximate surface area is 345 Å². The number of phosphoric acid groups is 1. The molecule has 0 aromatic carbocycles. The number of carbonyl (C=O) groups excluding carboxylic acids is 2. The number of ether oxygens (including phenoxy) is 2. The molecule has 0 aliphatic carbocycles. The van der Waals surface area contributed by atoms with Gasteiger partial charge in [0.15, 0.2) is 6.10 Å². The number of esters is 2. The summed E-state index contributed by atoms with van der Waals surface area (Å²) in [6, 6.07) is 0. The molecule has 10 nitrogen and oxygen atoms in total. The van der Waals surface area contributed by atoms with Crippen molar-refractivity contribution in [1.29, 1.82) is 0 Å². The van der Waals surface area contributed by atoms with Crippen molar-refractivity contribution >= 4 is 19.8 Å². The van der Waals surface area contributed by atoms with Crippen LogP contribution < -0.4 is 0 Å². The maximum Gasteiger partial charge on any atom is 0.472 e. The van der Waals surface area contributed by atoms with Crippen LogP contribution in [-0.2, 0) is 32.7 Å². The average molecular weight is 821 g/mol. The van der Waals surface area contributed by atoms with Crippen LogP contribution in [0.15, 0.2) is 85.1 Å². The zero-order valence-electron chi connectivity index (χ0n) is 35.3. The van der Waals surface area contributed by atoms with Crippen LogP contribution >= 0.6 is 7.82 Å². The van der Waals surface area contributed by atoms with Crippen LogP contribution in [0, 0.1) is 0 Å². The molecule has 0 aromatic heterocycles. The van der Waals surface area contributed by atoms with Gasteiger partial charge in [0.2, 0.25) is 0 Å². The fourth-order valence-corrected chi connectivity index (χ4v) is 6.13. The molecule has 0 saturated carbocycles.